The van der Waals surface area contributed by atoms with Gasteiger partial charge < -0.3 is 14.5 Å². The smallest absolute Gasteiger partial charge is 0.328 e. The summed E-state index contributed by atoms with van der Waals surface area (Å²) in [4.78, 5) is 28.5. The first-order chi connectivity index (χ1) is 12.7. The number of thioether (sulfide) groups is 1. The fraction of sp³-hybridized carbons (Fsp3) is 0.211. The van der Waals surface area contributed by atoms with Gasteiger partial charge in [0.1, 0.15) is 11.6 Å². The molecule has 0 radical (unpaired) electrons. The van der Waals surface area contributed by atoms with Gasteiger partial charge in [0, 0.05) is 6.42 Å². The molecule has 3 rings (SSSR count). The minimum atomic E-state index is -0.737. The summed E-state index contributed by atoms with van der Waals surface area (Å²) in [6.45, 7) is 0. The molecule has 0 fully saturated rings. The van der Waals surface area contributed by atoms with Crippen LogP contribution in [0.1, 0.15) is 5.56 Å². The van der Waals surface area contributed by atoms with Crippen molar-refractivity contribution in [1.82, 2.24) is 10.3 Å². The predicted octanol–water partition coefficient (Wildman–Crippen LogP) is 2.82. The van der Waals surface area contributed by atoms with Gasteiger partial charge in [-0.1, -0.05) is 54.2 Å². The Bertz CT molecular complexity index is 862. The van der Waals surface area contributed by atoms with E-state index in [1.807, 2.05) is 54.6 Å². The number of nitrogens with one attached hydrogen (secondary N) is 1. The summed E-state index contributed by atoms with van der Waals surface area (Å²) in [5.41, 5.74) is 2.36. The molecule has 2 aromatic carbocycles. The van der Waals surface area contributed by atoms with Crippen LogP contribution in [0.3, 0.4) is 0 Å². The lowest BCUT2D eigenvalue weighted by molar-refractivity contribution is -0.144. The van der Waals surface area contributed by atoms with Crippen LogP contribution in [0.2, 0.25) is 0 Å². The third kappa shape index (κ3) is 4.64. The number of oxazole rings is 1. The molecule has 26 heavy (non-hydrogen) atoms. The molecule has 0 aliphatic heterocycles. The monoisotopic (exact) mass is 370 g/mol. The van der Waals surface area contributed by atoms with Crippen molar-refractivity contribution in [3.8, 4) is 0 Å². The summed E-state index contributed by atoms with van der Waals surface area (Å²) in [6, 6.07) is 16.1. The van der Waals surface area contributed by atoms with Crippen molar-refractivity contribution in [2.75, 3.05) is 12.9 Å². The van der Waals surface area contributed by atoms with E-state index >= 15 is 0 Å². The van der Waals surface area contributed by atoms with Crippen LogP contribution in [-0.2, 0) is 20.7 Å². The minimum absolute atomic E-state index is 0.0924. The highest BCUT2D eigenvalue weighted by Gasteiger charge is 2.22. The van der Waals surface area contributed by atoms with Crippen LogP contribution in [0.25, 0.3) is 11.1 Å². The zero-order chi connectivity index (χ0) is 18.4. The van der Waals surface area contributed by atoms with Gasteiger partial charge in [-0.2, -0.15) is 0 Å². The van der Waals surface area contributed by atoms with Crippen LogP contribution in [0.15, 0.2) is 64.2 Å². The molecule has 7 heteroatoms. The van der Waals surface area contributed by atoms with E-state index in [1.54, 1.807) is 0 Å². The third-order valence-corrected chi connectivity index (χ3v) is 4.53. The lowest BCUT2D eigenvalue weighted by Gasteiger charge is -2.16. The van der Waals surface area contributed by atoms with E-state index in [2.05, 4.69) is 10.3 Å². The number of rotatable bonds is 7. The Kier molecular flexibility index (Phi) is 5.91. The Morgan fingerprint density at radius 2 is 1.88 bits per heavy atom. The molecule has 0 spiro atoms. The molecule has 134 valence electrons. The number of methoxy groups -OCH3 is 1. The van der Waals surface area contributed by atoms with Crippen molar-refractivity contribution < 1.29 is 18.7 Å². The van der Waals surface area contributed by atoms with Crippen molar-refractivity contribution in [2.45, 2.75) is 17.7 Å². The molecule has 0 unspecified atom stereocenters. The summed E-state index contributed by atoms with van der Waals surface area (Å²) < 4.78 is 10.4. The van der Waals surface area contributed by atoms with Crippen LogP contribution >= 0.6 is 11.8 Å². The Labute approximate surface area is 154 Å². The molecule has 1 heterocycles. The number of hydrogen-bond donors (Lipinski definition) is 1. The highest BCUT2D eigenvalue weighted by molar-refractivity contribution is 7.99. The molecule has 0 bridgehead atoms. The number of carbonyl (C=O) groups is 2. The zero-order valence-electron chi connectivity index (χ0n) is 14.2. The number of hydrogen-bond acceptors (Lipinski definition) is 6. The summed E-state index contributed by atoms with van der Waals surface area (Å²) in [6.07, 6.45) is 0.368. The fourth-order valence-corrected chi connectivity index (χ4v) is 3.11. The molecule has 0 saturated carbocycles. The molecule has 1 atom stereocenters. The summed E-state index contributed by atoms with van der Waals surface area (Å²) in [5, 5.41) is 3.13. The highest BCUT2D eigenvalue weighted by atomic mass is 32.2. The van der Waals surface area contributed by atoms with Gasteiger partial charge in [-0.3, -0.25) is 4.79 Å². The Balaban J connectivity index is 1.59. The second-order valence-corrected chi connectivity index (χ2v) is 6.50. The topological polar surface area (TPSA) is 81.4 Å². The number of ether oxygens (including phenoxy) is 1. The highest BCUT2D eigenvalue weighted by Crippen LogP contribution is 2.22. The van der Waals surface area contributed by atoms with Gasteiger partial charge in [-0.25, -0.2) is 9.78 Å². The molecule has 3 aromatic rings. The summed E-state index contributed by atoms with van der Waals surface area (Å²) in [5.74, 6) is -0.674. The van der Waals surface area contributed by atoms with Crippen LogP contribution in [0, 0.1) is 0 Å². The largest absolute Gasteiger partial charge is 0.467 e. The number of carbonyl (C=O) groups excluding carboxylic acids is 2. The van der Waals surface area contributed by atoms with Crippen molar-refractivity contribution in [3.63, 3.8) is 0 Å². The van der Waals surface area contributed by atoms with E-state index in [-0.39, 0.29) is 11.7 Å². The minimum Gasteiger partial charge on any atom is -0.467 e. The number of benzene rings is 2. The second-order valence-electron chi connectivity index (χ2n) is 5.57. The Morgan fingerprint density at radius 3 is 2.62 bits per heavy atom. The Hall–Kier alpha value is -2.80. The number of aromatic nitrogens is 1. The first-order valence-electron chi connectivity index (χ1n) is 8.05. The molecule has 0 aliphatic rings. The van der Waals surface area contributed by atoms with Crippen molar-refractivity contribution in [3.05, 3.63) is 60.2 Å². The molecule has 0 saturated heterocycles. The molecule has 1 aromatic heterocycles. The molecule has 6 nitrogen and oxygen atoms in total. The first kappa shape index (κ1) is 18.0. The molecule has 0 aliphatic carbocycles. The standard InChI is InChI=1S/C19H18N2O4S/c1-24-18(23)15(11-13-7-3-2-4-8-13)20-17(22)12-26-19-21-14-9-5-6-10-16(14)25-19/h2-10,15H,11-12H2,1H3,(H,20,22)/t15-/m1/s1. The van der Waals surface area contributed by atoms with Gasteiger partial charge >= 0.3 is 5.97 Å². The normalized spacial score (nSPS) is 11.9. The third-order valence-electron chi connectivity index (χ3n) is 3.70. The maximum absolute atomic E-state index is 12.2. The van der Waals surface area contributed by atoms with Crippen LogP contribution in [0.5, 0.6) is 0 Å². The van der Waals surface area contributed by atoms with Gasteiger partial charge in [0.25, 0.3) is 5.22 Å². The maximum Gasteiger partial charge on any atom is 0.328 e. The summed E-state index contributed by atoms with van der Waals surface area (Å²) >= 11 is 1.18. The van der Waals surface area contributed by atoms with Gasteiger partial charge in [-0.15, -0.1) is 0 Å². The zero-order valence-corrected chi connectivity index (χ0v) is 15.0. The van der Waals surface area contributed by atoms with E-state index < -0.39 is 12.0 Å². The van der Waals surface area contributed by atoms with Crippen molar-refractivity contribution in [1.29, 1.82) is 0 Å². The van der Waals surface area contributed by atoms with E-state index in [1.165, 1.54) is 18.9 Å². The first-order valence-corrected chi connectivity index (χ1v) is 9.04. The summed E-state index contributed by atoms with van der Waals surface area (Å²) in [7, 11) is 1.31. The van der Waals surface area contributed by atoms with Crippen LogP contribution in [-0.4, -0.2) is 35.8 Å². The number of fused-ring (bicyclic) bond motifs is 1. The Morgan fingerprint density at radius 1 is 1.15 bits per heavy atom. The quantitative estimate of drug-likeness (QED) is 0.509. The van der Waals surface area contributed by atoms with Crippen molar-refractivity contribution in [2.24, 2.45) is 0 Å². The SMILES string of the molecule is COC(=O)[C@@H](Cc1ccccc1)NC(=O)CSc1nc2ccccc2o1. The van der Waals surface area contributed by atoms with E-state index in [9.17, 15) is 9.59 Å². The fourth-order valence-electron chi connectivity index (χ4n) is 2.46. The number of para-hydroxylation sites is 2. The van der Waals surface area contributed by atoms with E-state index in [0.717, 1.165) is 11.1 Å². The number of esters is 1. The van der Waals surface area contributed by atoms with E-state index in [0.29, 0.717) is 17.2 Å². The van der Waals surface area contributed by atoms with Crippen LogP contribution in [0.4, 0.5) is 0 Å². The molecular formula is C19H18N2O4S. The van der Waals surface area contributed by atoms with Crippen molar-refractivity contribution >= 4 is 34.7 Å². The number of nitrogens with zero attached hydrogens (tertiary/aromatic N) is 1. The average molecular weight is 370 g/mol. The molecule has 1 N–H and O–H groups in total. The second kappa shape index (κ2) is 8.53. The number of amides is 1. The van der Waals surface area contributed by atoms with Gasteiger partial charge in [0.2, 0.25) is 5.91 Å². The lowest BCUT2D eigenvalue weighted by Crippen LogP contribution is -2.43. The average Bonchev–Trinajstić information content (AvgIpc) is 3.09. The molecular weight excluding hydrogens is 352 g/mol. The van der Waals surface area contributed by atoms with Gasteiger partial charge in [-0.05, 0) is 17.7 Å². The lowest BCUT2D eigenvalue weighted by atomic mass is 10.1. The van der Waals surface area contributed by atoms with Crippen LogP contribution < -0.4 is 5.32 Å². The maximum atomic E-state index is 12.2. The van der Waals surface area contributed by atoms with Gasteiger partial charge in [0.15, 0.2) is 5.58 Å². The molecule has 1 amide bonds. The van der Waals surface area contributed by atoms with Gasteiger partial charge in [0.05, 0.1) is 12.9 Å². The van der Waals surface area contributed by atoms with E-state index in [4.69, 9.17) is 9.15 Å². The predicted molar refractivity (Wildman–Crippen MR) is 98.8 cm³/mol.